The van der Waals surface area contributed by atoms with Gasteiger partial charge in [0.15, 0.2) is 17.6 Å². The van der Waals surface area contributed by atoms with Crippen molar-refractivity contribution >= 4 is 5.97 Å². The van der Waals surface area contributed by atoms with E-state index < -0.39 is 6.10 Å². The van der Waals surface area contributed by atoms with Gasteiger partial charge >= 0.3 is 5.97 Å². The molecule has 1 aliphatic rings. The van der Waals surface area contributed by atoms with E-state index >= 15 is 0 Å². The summed E-state index contributed by atoms with van der Waals surface area (Å²) in [5, 5.41) is 0. The highest BCUT2D eigenvalue weighted by atomic mass is 19.1. The standard InChI is InChI=1S/C25H24FNO5.C2H6/c1-15(25(28)30-3)10-16-4-9-22-23(11-16)32-24(14-31-22)21-8-5-17(13-27-21)19-12-18(29-2)6-7-20(19)26;1-2/h4-9,11-13,15,24H,10,14H2,1-3H3;1-2H3/t15-,24?;/m0./s1. The van der Waals surface area contributed by atoms with E-state index in [0.29, 0.717) is 47.1 Å². The van der Waals surface area contributed by atoms with Crippen molar-refractivity contribution in [3.63, 3.8) is 0 Å². The Labute approximate surface area is 199 Å². The molecule has 6 nitrogen and oxygen atoms in total. The fraction of sp³-hybridized carbons (Fsp3) is 0.333. The van der Waals surface area contributed by atoms with Gasteiger partial charge in [-0.15, -0.1) is 0 Å². The first-order valence-corrected chi connectivity index (χ1v) is 11.3. The van der Waals surface area contributed by atoms with Crippen LogP contribution in [0.4, 0.5) is 4.39 Å². The van der Waals surface area contributed by atoms with Crippen molar-refractivity contribution < 1.29 is 28.1 Å². The van der Waals surface area contributed by atoms with Crippen LogP contribution < -0.4 is 14.2 Å². The number of esters is 1. The Morgan fingerprint density at radius 2 is 1.91 bits per heavy atom. The molecular weight excluding hydrogens is 437 g/mol. The van der Waals surface area contributed by atoms with Crippen molar-refractivity contribution in [3.05, 3.63) is 71.8 Å². The number of rotatable bonds is 6. The summed E-state index contributed by atoms with van der Waals surface area (Å²) in [4.78, 5) is 16.2. The van der Waals surface area contributed by atoms with Gasteiger partial charge in [0.1, 0.15) is 18.2 Å². The molecule has 3 aromatic rings. The van der Waals surface area contributed by atoms with Crippen LogP contribution in [0.25, 0.3) is 11.1 Å². The van der Waals surface area contributed by atoms with Crippen LogP contribution in [0.5, 0.6) is 17.2 Å². The lowest BCUT2D eigenvalue weighted by Gasteiger charge is -2.27. The van der Waals surface area contributed by atoms with Gasteiger partial charge in [-0.1, -0.05) is 32.9 Å². The van der Waals surface area contributed by atoms with Crippen LogP contribution in [0.1, 0.15) is 38.1 Å². The molecule has 2 heterocycles. The Balaban J connectivity index is 0.00000158. The van der Waals surface area contributed by atoms with Crippen LogP contribution in [0.2, 0.25) is 0 Å². The van der Waals surface area contributed by atoms with Crippen LogP contribution in [-0.2, 0) is 16.0 Å². The number of aromatic nitrogens is 1. The number of nitrogens with zero attached hydrogens (tertiary/aromatic N) is 1. The van der Waals surface area contributed by atoms with Crippen molar-refractivity contribution in [1.82, 2.24) is 4.98 Å². The predicted molar refractivity (Wildman–Crippen MR) is 128 cm³/mol. The van der Waals surface area contributed by atoms with Crippen LogP contribution in [0.3, 0.4) is 0 Å². The number of halogens is 1. The molecule has 0 saturated heterocycles. The maximum Gasteiger partial charge on any atom is 0.308 e. The summed E-state index contributed by atoms with van der Waals surface area (Å²) in [5.41, 5.74) is 2.68. The predicted octanol–water partition coefficient (Wildman–Crippen LogP) is 5.79. The third-order valence-electron chi connectivity index (χ3n) is 5.41. The minimum absolute atomic E-state index is 0.255. The van der Waals surface area contributed by atoms with E-state index in [9.17, 15) is 9.18 Å². The van der Waals surface area contributed by atoms with Gasteiger partial charge in [0.25, 0.3) is 0 Å². The molecule has 2 aromatic carbocycles. The minimum atomic E-state index is -0.403. The van der Waals surface area contributed by atoms with Gasteiger partial charge in [0.2, 0.25) is 0 Å². The second kappa shape index (κ2) is 11.5. The van der Waals surface area contributed by atoms with Gasteiger partial charge in [-0.25, -0.2) is 4.39 Å². The summed E-state index contributed by atoms with van der Waals surface area (Å²) in [6.45, 7) is 6.13. The average molecular weight is 468 g/mol. The molecule has 0 N–H and O–H groups in total. The van der Waals surface area contributed by atoms with Gasteiger partial charge in [0.05, 0.1) is 25.8 Å². The number of hydrogen-bond acceptors (Lipinski definition) is 6. The number of fused-ring (bicyclic) bond motifs is 1. The molecule has 1 aromatic heterocycles. The van der Waals surface area contributed by atoms with Gasteiger partial charge in [-0.05, 0) is 48.4 Å². The van der Waals surface area contributed by atoms with E-state index in [0.717, 1.165) is 5.56 Å². The second-order valence-electron chi connectivity index (χ2n) is 7.64. The average Bonchev–Trinajstić information content (AvgIpc) is 2.89. The summed E-state index contributed by atoms with van der Waals surface area (Å²) in [6.07, 6.45) is 1.74. The lowest BCUT2D eigenvalue weighted by molar-refractivity contribution is -0.144. The molecule has 4 rings (SSSR count). The van der Waals surface area contributed by atoms with Crippen molar-refractivity contribution in [2.75, 3.05) is 20.8 Å². The Morgan fingerprint density at radius 1 is 1.12 bits per heavy atom. The van der Waals surface area contributed by atoms with Crippen LogP contribution >= 0.6 is 0 Å². The number of hydrogen-bond donors (Lipinski definition) is 0. The summed E-state index contributed by atoms with van der Waals surface area (Å²) in [7, 11) is 2.92. The molecule has 34 heavy (non-hydrogen) atoms. The number of ether oxygens (including phenoxy) is 4. The zero-order chi connectivity index (χ0) is 24.7. The monoisotopic (exact) mass is 467 g/mol. The first kappa shape index (κ1) is 25.0. The van der Waals surface area contributed by atoms with Crippen LogP contribution in [0.15, 0.2) is 54.7 Å². The molecule has 1 unspecified atom stereocenters. The molecule has 0 saturated carbocycles. The molecule has 0 bridgehead atoms. The highest BCUT2D eigenvalue weighted by Gasteiger charge is 2.25. The lowest BCUT2D eigenvalue weighted by atomic mass is 10.0. The summed E-state index contributed by atoms with van der Waals surface area (Å²) < 4.78 is 36.2. The number of carbonyl (C=O) groups excluding carboxylic acids is 1. The molecule has 0 radical (unpaired) electrons. The molecule has 7 heteroatoms. The van der Waals surface area contributed by atoms with Crippen molar-refractivity contribution in [2.45, 2.75) is 33.3 Å². The summed E-state index contributed by atoms with van der Waals surface area (Å²) in [6, 6.07) is 13.8. The van der Waals surface area contributed by atoms with Crippen LogP contribution in [-0.4, -0.2) is 31.8 Å². The van der Waals surface area contributed by atoms with Gasteiger partial charge in [-0.2, -0.15) is 0 Å². The topological polar surface area (TPSA) is 66.9 Å². The Kier molecular flexibility index (Phi) is 8.46. The van der Waals surface area contributed by atoms with E-state index in [1.165, 1.54) is 20.3 Å². The zero-order valence-electron chi connectivity index (χ0n) is 20.1. The smallest absolute Gasteiger partial charge is 0.308 e. The van der Waals surface area contributed by atoms with E-state index in [2.05, 4.69) is 4.98 Å². The number of carbonyl (C=O) groups is 1. The maximum atomic E-state index is 14.3. The normalized spacial score (nSPS) is 14.9. The summed E-state index contributed by atoms with van der Waals surface area (Å²) in [5.74, 6) is 0.953. The first-order chi connectivity index (χ1) is 16.5. The molecule has 180 valence electrons. The quantitative estimate of drug-likeness (QED) is 0.428. The first-order valence-electron chi connectivity index (χ1n) is 11.3. The van der Waals surface area contributed by atoms with E-state index in [1.54, 1.807) is 30.5 Å². The Morgan fingerprint density at radius 3 is 2.59 bits per heavy atom. The van der Waals surface area contributed by atoms with Crippen molar-refractivity contribution in [3.8, 4) is 28.4 Å². The Hall–Kier alpha value is -3.61. The van der Waals surface area contributed by atoms with E-state index in [1.807, 2.05) is 39.0 Å². The maximum absolute atomic E-state index is 14.3. The SMILES string of the molecule is CC.COC(=O)[C@@H](C)Cc1ccc2c(c1)OC(c1ccc(-c3cc(OC)ccc3F)cn1)CO2. The summed E-state index contributed by atoms with van der Waals surface area (Å²) >= 11 is 0. The second-order valence-corrected chi connectivity index (χ2v) is 7.64. The van der Waals surface area contributed by atoms with Gasteiger partial charge < -0.3 is 18.9 Å². The highest BCUT2D eigenvalue weighted by Crippen LogP contribution is 2.37. The molecule has 2 atom stereocenters. The largest absolute Gasteiger partial charge is 0.497 e. The Bertz CT molecular complexity index is 1120. The van der Waals surface area contributed by atoms with Crippen molar-refractivity contribution in [2.24, 2.45) is 5.92 Å². The van der Waals surface area contributed by atoms with E-state index in [-0.39, 0.29) is 17.7 Å². The third kappa shape index (κ3) is 5.65. The molecular formula is C27H30FNO5. The molecule has 0 fully saturated rings. The zero-order valence-corrected chi connectivity index (χ0v) is 20.1. The van der Waals surface area contributed by atoms with E-state index in [4.69, 9.17) is 18.9 Å². The van der Waals surface area contributed by atoms with Crippen LogP contribution in [0, 0.1) is 11.7 Å². The third-order valence-corrected chi connectivity index (χ3v) is 5.41. The van der Waals surface area contributed by atoms with Gasteiger partial charge in [0, 0.05) is 17.3 Å². The molecule has 0 spiro atoms. The number of methoxy groups -OCH3 is 2. The lowest BCUT2D eigenvalue weighted by Crippen LogP contribution is -2.22. The fourth-order valence-electron chi connectivity index (χ4n) is 3.64. The fourth-order valence-corrected chi connectivity index (χ4v) is 3.64. The molecule has 0 aliphatic carbocycles. The van der Waals surface area contributed by atoms with Gasteiger partial charge in [-0.3, -0.25) is 9.78 Å². The minimum Gasteiger partial charge on any atom is -0.497 e. The molecule has 0 amide bonds. The highest BCUT2D eigenvalue weighted by molar-refractivity contribution is 5.72. The van der Waals surface area contributed by atoms with Crippen molar-refractivity contribution in [1.29, 1.82) is 0 Å². The molecule has 1 aliphatic heterocycles. The number of benzene rings is 2. The number of pyridine rings is 1.